The van der Waals surface area contributed by atoms with Crippen LogP contribution in [0.3, 0.4) is 0 Å². The molecule has 0 atom stereocenters. The highest BCUT2D eigenvalue weighted by atomic mass is 16.3. The molecule has 5 nitrogen and oxygen atoms in total. The molecule has 3 rings (SSSR count). The average molecular weight is 271 g/mol. The van der Waals surface area contributed by atoms with Crippen LogP contribution < -0.4 is 5.43 Å². The highest BCUT2D eigenvalue weighted by molar-refractivity contribution is 5.87. The van der Waals surface area contributed by atoms with Crippen LogP contribution in [0.2, 0.25) is 0 Å². The van der Waals surface area contributed by atoms with E-state index >= 15 is 0 Å². The molecule has 0 spiro atoms. The molecule has 100 valence electrons. The molecule has 0 aliphatic rings. The molecule has 0 unspecified atom stereocenters. The minimum atomic E-state index is -0.626. The van der Waals surface area contributed by atoms with Crippen molar-refractivity contribution < 1.29 is 21.1 Å². The van der Waals surface area contributed by atoms with Crippen molar-refractivity contribution >= 4 is 11.0 Å². The molecule has 0 amide bonds. The largest absolute Gasteiger partial charge is 0.508 e. The van der Waals surface area contributed by atoms with E-state index in [1.807, 2.05) is 0 Å². The minimum Gasteiger partial charge on any atom is -0.508 e. The first-order valence-electron chi connectivity index (χ1n) is 6.25. The maximum atomic E-state index is 12.5. The molecule has 0 bridgehead atoms. The van der Waals surface area contributed by atoms with Crippen LogP contribution in [-0.2, 0) is 0 Å². The van der Waals surface area contributed by atoms with Gasteiger partial charge in [-0.15, -0.1) is 0 Å². The fourth-order valence-electron chi connectivity index (χ4n) is 2.00. The van der Waals surface area contributed by atoms with Crippen molar-refractivity contribution in [2.75, 3.05) is 0 Å². The Labute approximate surface area is 114 Å². The lowest BCUT2D eigenvalue weighted by molar-refractivity contribution is 0.452. The number of rotatable bonds is 1. The van der Waals surface area contributed by atoms with E-state index < -0.39 is 23.0 Å². The van der Waals surface area contributed by atoms with Crippen molar-refractivity contribution in [3.05, 3.63) is 52.9 Å². The van der Waals surface area contributed by atoms with Gasteiger partial charge in [-0.2, -0.15) is 0 Å². The molecule has 0 fully saturated rings. The molecular weight excluding hydrogens is 260 g/mol. The Kier molecular flexibility index (Phi) is 2.35. The van der Waals surface area contributed by atoms with Crippen molar-refractivity contribution in [1.82, 2.24) is 0 Å². The fraction of sp³-hybridized carbons (Fsp3) is 0. The number of phenols is 3. The third-order valence-corrected chi connectivity index (χ3v) is 2.95. The van der Waals surface area contributed by atoms with E-state index in [1.54, 1.807) is 0 Å². The molecule has 5 heteroatoms. The Morgan fingerprint density at radius 2 is 1.75 bits per heavy atom. The second kappa shape index (κ2) is 4.31. The fourth-order valence-corrected chi connectivity index (χ4v) is 2.00. The van der Waals surface area contributed by atoms with Crippen LogP contribution in [0.4, 0.5) is 0 Å². The lowest BCUT2D eigenvalue weighted by Gasteiger charge is -2.05. The van der Waals surface area contributed by atoms with Crippen molar-refractivity contribution in [2.24, 2.45) is 0 Å². The molecule has 0 saturated carbocycles. The normalized spacial score (nSPS) is 11.5. The van der Waals surface area contributed by atoms with Gasteiger partial charge in [-0.3, -0.25) is 4.79 Å². The molecular formula is C15H10O5. The zero-order valence-electron chi connectivity index (χ0n) is 11.1. The summed E-state index contributed by atoms with van der Waals surface area (Å²) in [5.74, 6) is -1.04. The van der Waals surface area contributed by atoms with Crippen molar-refractivity contribution in [2.45, 2.75) is 0 Å². The lowest BCUT2D eigenvalue weighted by Crippen LogP contribution is -2.04. The highest BCUT2D eigenvalue weighted by Crippen LogP contribution is 2.29. The molecule has 2 aromatic carbocycles. The van der Waals surface area contributed by atoms with E-state index in [9.17, 15) is 20.1 Å². The van der Waals surface area contributed by atoms with Gasteiger partial charge in [-0.25, -0.2) is 0 Å². The number of hydrogen-bond acceptors (Lipinski definition) is 5. The summed E-state index contributed by atoms with van der Waals surface area (Å²) in [6.07, 6.45) is 1.21. The zero-order valence-corrected chi connectivity index (χ0v) is 10.1. The number of phenolic OH excluding ortho intramolecular Hbond substituents is 3. The van der Waals surface area contributed by atoms with E-state index in [2.05, 4.69) is 0 Å². The van der Waals surface area contributed by atoms with E-state index in [-0.39, 0.29) is 22.3 Å². The maximum Gasteiger partial charge on any atom is 0.204 e. The van der Waals surface area contributed by atoms with Gasteiger partial charge in [0.2, 0.25) is 5.43 Å². The molecule has 0 aliphatic carbocycles. The molecule has 0 radical (unpaired) electrons. The monoisotopic (exact) mass is 271 g/mol. The topological polar surface area (TPSA) is 90.9 Å². The molecule has 20 heavy (non-hydrogen) atoms. The third-order valence-electron chi connectivity index (χ3n) is 2.95. The number of benzene rings is 2. The van der Waals surface area contributed by atoms with E-state index in [1.165, 1.54) is 30.5 Å². The Morgan fingerprint density at radius 1 is 1.05 bits per heavy atom. The summed E-state index contributed by atoms with van der Waals surface area (Å²) in [6.45, 7) is 0. The summed E-state index contributed by atoms with van der Waals surface area (Å²) in [5, 5.41) is 28.5. The Balaban J connectivity index is 2.35. The maximum absolute atomic E-state index is 12.5. The summed E-state index contributed by atoms with van der Waals surface area (Å²) >= 11 is 0. The first kappa shape index (κ1) is 10.9. The standard InChI is InChI=1S/C15H10O5/c16-9-3-1-8(2-4-9)11-7-20-13-6-10(17)5-12(18)14(13)15(11)19/h1-7,16-18H/i5D. The first-order chi connectivity index (χ1) is 9.99. The van der Waals surface area contributed by atoms with E-state index in [0.29, 0.717) is 5.56 Å². The van der Waals surface area contributed by atoms with E-state index in [0.717, 1.165) is 6.07 Å². The molecule has 0 saturated heterocycles. The number of hydrogen-bond donors (Lipinski definition) is 3. The van der Waals surface area contributed by atoms with Crippen LogP contribution in [0.15, 0.2) is 51.8 Å². The van der Waals surface area contributed by atoms with Gasteiger partial charge in [0.05, 0.1) is 6.93 Å². The summed E-state index contributed by atoms with van der Waals surface area (Å²) < 4.78 is 12.8. The number of aromatic hydroxyl groups is 3. The predicted molar refractivity (Wildman–Crippen MR) is 72.9 cm³/mol. The van der Waals surface area contributed by atoms with Crippen molar-refractivity contribution in [3.8, 4) is 28.4 Å². The van der Waals surface area contributed by atoms with Gasteiger partial charge >= 0.3 is 0 Å². The van der Waals surface area contributed by atoms with Gasteiger partial charge in [0, 0.05) is 12.1 Å². The van der Waals surface area contributed by atoms with Gasteiger partial charge in [-0.05, 0) is 17.7 Å². The third kappa shape index (κ3) is 1.85. The first-order valence-corrected chi connectivity index (χ1v) is 5.75. The minimum absolute atomic E-state index is 0.00599. The average Bonchev–Trinajstić information content (AvgIpc) is 2.46. The molecule has 0 aliphatic heterocycles. The van der Waals surface area contributed by atoms with Crippen LogP contribution in [0.1, 0.15) is 1.37 Å². The van der Waals surface area contributed by atoms with Crippen LogP contribution in [0, 0.1) is 0 Å². The van der Waals surface area contributed by atoms with Crippen LogP contribution in [0.5, 0.6) is 17.2 Å². The number of fused-ring (bicyclic) bond motifs is 1. The second-order valence-electron chi connectivity index (χ2n) is 4.27. The quantitative estimate of drug-likeness (QED) is 0.632. The molecule has 1 aromatic heterocycles. The SMILES string of the molecule is [2H]c1c(O)cc2occ(-c3ccc(O)cc3)c(=O)c2c1O. The summed E-state index contributed by atoms with van der Waals surface area (Å²) in [4.78, 5) is 12.5. The summed E-state index contributed by atoms with van der Waals surface area (Å²) in [7, 11) is 0. The van der Waals surface area contributed by atoms with Crippen LogP contribution in [0.25, 0.3) is 22.1 Å². The summed E-state index contributed by atoms with van der Waals surface area (Å²) in [5.41, 5.74) is 0.159. The smallest absolute Gasteiger partial charge is 0.204 e. The zero-order chi connectivity index (χ0) is 15.1. The Hall–Kier alpha value is -2.95. The van der Waals surface area contributed by atoms with Crippen LogP contribution >= 0.6 is 0 Å². The van der Waals surface area contributed by atoms with Crippen LogP contribution in [-0.4, -0.2) is 15.3 Å². The second-order valence-corrected chi connectivity index (χ2v) is 4.27. The highest BCUT2D eigenvalue weighted by Gasteiger charge is 2.13. The van der Waals surface area contributed by atoms with E-state index in [4.69, 9.17) is 5.79 Å². The Bertz CT molecular complexity index is 897. The lowest BCUT2D eigenvalue weighted by atomic mass is 10.0. The van der Waals surface area contributed by atoms with Crippen molar-refractivity contribution in [3.63, 3.8) is 0 Å². The molecule has 3 N–H and O–H groups in total. The van der Waals surface area contributed by atoms with Gasteiger partial charge in [0.1, 0.15) is 34.5 Å². The Morgan fingerprint density at radius 3 is 2.45 bits per heavy atom. The van der Waals surface area contributed by atoms with Gasteiger partial charge in [0.15, 0.2) is 0 Å². The van der Waals surface area contributed by atoms with Gasteiger partial charge in [-0.1, -0.05) is 12.1 Å². The molecule has 1 heterocycles. The molecule has 3 aromatic rings. The van der Waals surface area contributed by atoms with Gasteiger partial charge < -0.3 is 19.7 Å². The van der Waals surface area contributed by atoms with Crippen molar-refractivity contribution in [1.29, 1.82) is 0 Å². The summed E-state index contributed by atoms with van der Waals surface area (Å²) in [6, 6.07) is 6.49. The van der Waals surface area contributed by atoms with Gasteiger partial charge in [0.25, 0.3) is 0 Å². The predicted octanol–water partition coefficient (Wildman–Crippen LogP) is 2.58.